The number of nitrogens with two attached hydrogens (primary N) is 1. The van der Waals surface area contributed by atoms with Crippen LogP contribution < -0.4 is 19.9 Å². The van der Waals surface area contributed by atoms with Crippen molar-refractivity contribution in [3.63, 3.8) is 0 Å². The lowest BCUT2D eigenvalue weighted by Gasteiger charge is -2.33. The lowest BCUT2D eigenvalue weighted by atomic mass is 9.87. The summed E-state index contributed by atoms with van der Waals surface area (Å²) in [5.74, 6) is 2.81. The summed E-state index contributed by atoms with van der Waals surface area (Å²) in [6, 6.07) is 9.96. The first-order valence-corrected chi connectivity index (χ1v) is 8.26. The van der Waals surface area contributed by atoms with E-state index in [1.807, 2.05) is 38.1 Å². The minimum Gasteiger partial charge on any atom is -0.492 e. The van der Waals surface area contributed by atoms with Gasteiger partial charge in [-0.1, -0.05) is 6.07 Å². The van der Waals surface area contributed by atoms with Crippen molar-refractivity contribution < 1.29 is 14.2 Å². The summed E-state index contributed by atoms with van der Waals surface area (Å²) in [6.45, 7) is 4.69. The quantitative estimate of drug-likeness (QED) is 0.743. The Labute approximate surface area is 140 Å². The van der Waals surface area contributed by atoms with E-state index < -0.39 is 0 Å². The van der Waals surface area contributed by atoms with E-state index in [2.05, 4.69) is 18.2 Å². The molecule has 2 aromatic rings. The number of hydrogen-bond donors (Lipinski definition) is 1. The molecule has 0 saturated heterocycles. The number of ether oxygens (including phenoxy) is 3. The zero-order valence-electron chi connectivity index (χ0n) is 13.7. The van der Waals surface area contributed by atoms with Crippen LogP contribution in [0.2, 0.25) is 0 Å². The smallest absolute Gasteiger partial charge is 0.138 e. The molecule has 0 aliphatic carbocycles. The van der Waals surface area contributed by atoms with Gasteiger partial charge in [-0.3, -0.25) is 0 Å². The number of hydrogen-bond acceptors (Lipinski definition) is 4. The monoisotopic (exact) mass is 321 g/mol. The molecule has 4 nitrogen and oxygen atoms in total. The molecule has 0 amide bonds. The van der Waals surface area contributed by atoms with Crippen molar-refractivity contribution in [2.45, 2.75) is 31.5 Å². The summed E-state index contributed by atoms with van der Waals surface area (Å²) < 4.78 is 18.4. The predicted octanol–water partition coefficient (Wildman–Crippen LogP) is 4.06. The second-order valence-electron chi connectivity index (χ2n) is 7.19. The average molecular weight is 321 g/mol. The highest BCUT2D eigenvalue weighted by molar-refractivity contribution is 5.70. The van der Waals surface area contributed by atoms with E-state index in [4.69, 9.17) is 19.9 Å². The number of fused-ring (bicyclic) bond motifs is 7. The van der Waals surface area contributed by atoms with Crippen LogP contribution in [0.15, 0.2) is 36.4 Å². The van der Waals surface area contributed by atoms with Gasteiger partial charge in [0.25, 0.3) is 0 Å². The van der Waals surface area contributed by atoms with Crippen molar-refractivity contribution in [2.75, 3.05) is 12.3 Å². The van der Waals surface area contributed by atoms with Gasteiger partial charge in [0.15, 0.2) is 0 Å². The fourth-order valence-corrected chi connectivity index (χ4v) is 3.80. The van der Waals surface area contributed by atoms with Gasteiger partial charge in [-0.25, -0.2) is 0 Å². The van der Waals surface area contributed by atoms with E-state index in [1.165, 1.54) is 5.56 Å². The Morgan fingerprint density at radius 2 is 1.92 bits per heavy atom. The molecule has 122 valence electrons. The molecular formula is C20H19NO3. The molecule has 0 unspecified atom stereocenters. The fourth-order valence-electron chi connectivity index (χ4n) is 3.80. The lowest BCUT2D eigenvalue weighted by molar-refractivity contribution is 0.134. The van der Waals surface area contributed by atoms with Crippen LogP contribution in [-0.2, 0) is 0 Å². The molecular weight excluding hydrogens is 302 g/mol. The first-order valence-electron chi connectivity index (χ1n) is 8.26. The van der Waals surface area contributed by atoms with E-state index >= 15 is 0 Å². The minimum absolute atomic E-state index is 0.0285. The minimum atomic E-state index is -0.296. The Hall–Kier alpha value is -2.62. The van der Waals surface area contributed by atoms with Gasteiger partial charge in [-0.05, 0) is 44.2 Å². The van der Waals surface area contributed by atoms with Gasteiger partial charge < -0.3 is 19.9 Å². The molecule has 0 spiro atoms. The maximum absolute atomic E-state index is 6.23. The highest BCUT2D eigenvalue weighted by atomic mass is 16.5. The molecule has 5 rings (SSSR count). The third kappa shape index (κ3) is 1.86. The van der Waals surface area contributed by atoms with Crippen LogP contribution in [0.25, 0.3) is 6.08 Å². The Morgan fingerprint density at radius 1 is 1.08 bits per heavy atom. The third-order valence-corrected chi connectivity index (χ3v) is 4.98. The summed E-state index contributed by atoms with van der Waals surface area (Å²) in [6.07, 6.45) is 4.13. The molecule has 3 heterocycles. The van der Waals surface area contributed by atoms with E-state index in [0.717, 1.165) is 34.1 Å². The van der Waals surface area contributed by atoms with Gasteiger partial charge in [0, 0.05) is 22.9 Å². The van der Waals surface area contributed by atoms with E-state index in [1.54, 1.807) is 0 Å². The van der Waals surface area contributed by atoms with E-state index in [-0.39, 0.29) is 17.6 Å². The third-order valence-electron chi connectivity index (χ3n) is 4.98. The number of nitrogen functional groups attached to an aromatic ring is 1. The number of anilines is 1. The summed E-state index contributed by atoms with van der Waals surface area (Å²) in [5.41, 5.74) is 9.57. The van der Waals surface area contributed by atoms with Crippen LogP contribution in [0.1, 0.15) is 42.6 Å². The molecule has 0 bridgehead atoms. The number of rotatable bonds is 0. The van der Waals surface area contributed by atoms with Crippen LogP contribution in [0.3, 0.4) is 0 Å². The summed E-state index contributed by atoms with van der Waals surface area (Å²) in [7, 11) is 0. The molecule has 2 N–H and O–H groups in total. The first-order chi connectivity index (χ1) is 11.5. The highest BCUT2D eigenvalue weighted by Crippen LogP contribution is 2.53. The van der Waals surface area contributed by atoms with Crippen molar-refractivity contribution in [3.8, 4) is 17.2 Å². The van der Waals surface area contributed by atoms with E-state index in [9.17, 15) is 0 Å². The maximum atomic E-state index is 6.23. The van der Waals surface area contributed by atoms with Gasteiger partial charge in [0.2, 0.25) is 0 Å². The topological polar surface area (TPSA) is 53.7 Å². The summed E-state index contributed by atoms with van der Waals surface area (Å²) in [4.78, 5) is 0. The van der Waals surface area contributed by atoms with Gasteiger partial charge in [-0.2, -0.15) is 0 Å². The summed E-state index contributed by atoms with van der Waals surface area (Å²) in [5, 5.41) is 0. The summed E-state index contributed by atoms with van der Waals surface area (Å²) >= 11 is 0. The van der Waals surface area contributed by atoms with Crippen molar-refractivity contribution in [2.24, 2.45) is 0 Å². The zero-order chi connectivity index (χ0) is 16.5. The molecule has 0 fully saturated rings. The van der Waals surface area contributed by atoms with Crippen LogP contribution in [0.4, 0.5) is 5.69 Å². The van der Waals surface area contributed by atoms with Gasteiger partial charge >= 0.3 is 0 Å². The molecule has 0 radical (unpaired) electrons. The fraction of sp³-hybridized carbons (Fsp3) is 0.300. The van der Waals surface area contributed by atoms with Crippen LogP contribution in [-0.4, -0.2) is 12.2 Å². The Bertz CT molecular complexity index is 885. The molecule has 0 aromatic heterocycles. The second-order valence-corrected chi connectivity index (χ2v) is 7.19. The molecule has 2 aromatic carbocycles. The van der Waals surface area contributed by atoms with Gasteiger partial charge in [0.1, 0.15) is 29.0 Å². The van der Waals surface area contributed by atoms with Crippen LogP contribution >= 0.6 is 0 Å². The van der Waals surface area contributed by atoms with Crippen LogP contribution in [0, 0.1) is 0 Å². The maximum Gasteiger partial charge on any atom is 0.138 e. The van der Waals surface area contributed by atoms with Crippen molar-refractivity contribution in [1.29, 1.82) is 0 Å². The molecule has 2 atom stereocenters. The van der Waals surface area contributed by atoms with Gasteiger partial charge in [-0.15, -0.1) is 0 Å². The molecule has 0 saturated carbocycles. The SMILES string of the molecule is CC1(C)C=Cc2c(ccc3c2OC[C@H]2c4ccc(N)cc4O[C@@H]32)O1. The van der Waals surface area contributed by atoms with Gasteiger partial charge in [0.05, 0.1) is 18.1 Å². The first kappa shape index (κ1) is 13.8. The largest absolute Gasteiger partial charge is 0.492 e. The van der Waals surface area contributed by atoms with Crippen molar-refractivity contribution >= 4 is 11.8 Å². The molecule has 4 heteroatoms. The zero-order valence-corrected chi connectivity index (χ0v) is 13.7. The predicted molar refractivity (Wildman–Crippen MR) is 92.6 cm³/mol. The Kier molecular flexibility index (Phi) is 2.57. The molecule has 24 heavy (non-hydrogen) atoms. The normalized spacial score (nSPS) is 24.6. The molecule has 3 aliphatic rings. The number of benzene rings is 2. The van der Waals surface area contributed by atoms with Crippen LogP contribution in [0.5, 0.6) is 17.2 Å². The lowest BCUT2D eigenvalue weighted by Crippen LogP contribution is -2.29. The standard InChI is InChI=1S/C20H19NO3/c1-20(2)8-7-13-16(24-20)6-5-14-18(13)22-10-15-12-4-3-11(21)9-17(12)23-19(14)15/h3-9,15,19H,10,21H2,1-2H3/t15-,19-/m0/s1. The molecule has 3 aliphatic heterocycles. The average Bonchev–Trinajstić information content (AvgIpc) is 2.90. The second kappa shape index (κ2) is 4.47. The Morgan fingerprint density at radius 3 is 2.79 bits per heavy atom. The van der Waals surface area contributed by atoms with Crippen molar-refractivity contribution in [3.05, 3.63) is 53.1 Å². The Balaban J connectivity index is 1.60. The van der Waals surface area contributed by atoms with Crippen molar-refractivity contribution in [1.82, 2.24) is 0 Å². The highest BCUT2D eigenvalue weighted by Gasteiger charge is 2.42. The van der Waals surface area contributed by atoms with E-state index in [0.29, 0.717) is 6.61 Å².